The van der Waals surface area contributed by atoms with Gasteiger partial charge in [-0.25, -0.2) is 28.7 Å². The Morgan fingerprint density at radius 1 is 0.633 bits per heavy atom. The number of rotatable bonds is 10. The van der Waals surface area contributed by atoms with Crippen LogP contribution in [0.2, 0.25) is 5.15 Å². The fourth-order valence-corrected chi connectivity index (χ4v) is 4.71. The second-order valence-electron chi connectivity index (χ2n) is 10.3. The zero-order valence-electron chi connectivity index (χ0n) is 27.1. The molecule has 0 N–H and O–H groups in total. The third-order valence-electron chi connectivity index (χ3n) is 7.17. The Morgan fingerprint density at radius 3 is 1.57 bits per heavy atom. The zero-order chi connectivity index (χ0) is 34.8. The first-order chi connectivity index (χ1) is 23.8. The van der Waals surface area contributed by atoms with Crippen molar-refractivity contribution in [1.29, 1.82) is 0 Å². The topological polar surface area (TPSA) is 91.7 Å². The molecule has 4 heterocycles. The smallest absolute Gasteiger partial charge is 0.227 e. The van der Waals surface area contributed by atoms with Crippen LogP contribution in [0.1, 0.15) is 6.92 Å². The van der Waals surface area contributed by atoms with E-state index in [-0.39, 0.29) is 11.6 Å². The fraction of sp³-hybridized carbons (Fsp3) is 0.135. The number of halogens is 3. The van der Waals surface area contributed by atoms with Crippen molar-refractivity contribution in [2.24, 2.45) is 0 Å². The minimum atomic E-state index is -0.376. The molecule has 0 aliphatic rings. The zero-order valence-corrected chi connectivity index (χ0v) is 27.9. The van der Waals surface area contributed by atoms with Gasteiger partial charge >= 0.3 is 0 Å². The van der Waals surface area contributed by atoms with Crippen LogP contribution in [0.15, 0.2) is 110 Å². The molecule has 0 amide bonds. The Labute approximate surface area is 287 Å². The van der Waals surface area contributed by atoms with Crippen molar-refractivity contribution < 1.29 is 27.7 Å². The summed E-state index contributed by atoms with van der Waals surface area (Å²) in [6, 6.07) is 22.9. The lowest BCUT2D eigenvalue weighted by atomic mass is 10.1. The van der Waals surface area contributed by atoms with E-state index in [0.717, 1.165) is 12.4 Å². The maximum Gasteiger partial charge on any atom is 0.227 e. The first kappa shape index (κ1) is 34.5. The van der Waals surface area contributed by atoms with E-state index in [0.29, 0.717) is 62.2 Å². The largest absolute Gasteiger partial charge is 0.496 e. The number of ether oxygens (including phenoxy) is 4. The molecule has 6 aromatic rings. The van der Waals surface area contributed by atoms with Crippen molar-refractivity contribution in [2.75, 3.05) is 32.7 Å². The molecule has 0 aliphatic carbocycles. The molecule has 6 rings (SSSR count). The molecular weight excluding hydrogens is 652 g/mol. The van der Waals surface area contributed by atoms with Gasteiger partial charge in [0.05, 0.1) is 26.6 Å². The van der Waals surface area contributed by atoms with Crippen molar-refractivity contribution in [2.45, 2.75) is 6.92 Å². The molecule has 0 bridgehead atoms. The van der Waals surface area contributed by atoms with Crippen LogP contribution in [-0.4, -0.2) is 47.7 Å². The lowest BCUT2D eigenvalue weighted by Gasteiger charge is -2.16. The van der Waals surface area contributed by atoms with E-state index < -0.39 is 0 Å². The molecule has 0 spiro atoms. The van der Waals surface area contributed by atoms with E-state index in [2.05, 4.69) is 26.9 Å². The highest BCUT2D eigenvalue weighted by molar-refractivity contribution is 6.29. The molecular formula is C37H32ClF2N5O4. The van der Waals surface area contributed by atoms with Crippen LogP contribution in [0.3, 0.4) is 0 Å². The average Bonchev–Trinajstić information content (AvgIpc) is 3.13. The van der Waals surface area contributed by atoms with Crippen LogP contribution >= 0.6 is 11.6 Å². The summed E-state index contributed by atoms with van der Waals surface area (Å²) in [6.45, 7) is 2.92. The molecule has 4 aromatic heterocycles. The van der Waals surface area contributed by atoms with E-state index in [1.807, 2.05) is 36.2 Å². The van der Waals surface area contributed by atoms with Gasteiger partial charge in [-0.3, -0.25) is 0 Å². The second kappa shape index (κ2) is 16.3. The van der Waals surface area contributed by atoms with Crippen LogP contribution < -0.4 is 23.8 Å². The van der Waals surface area contributed by atoms with E-state index in [9.17, 15) is 8.78 Å². The van der Waals surface area contributed by atoms with Crippen molar-refractivity contribution >= 4 is 17.4 Å². The number of benzene rings is 2. The first-order valence-electron chi connectivity index (χ1n) is 15.0. The molecule has 0 saturated carbocycles. The van der Waals surface area contributed by atoms with E-state index in [1.54, 1.807) is 55.0 Å². The monoisotopic (exact) mass is 683 g/mol. The van der Waals surface area contributed by atoms with Gasteiger partial charge in [-0.05, 0) is 79.7 Å². The van der Waals surface area contributed by atoms with Gasteiger partial charge in [0.15, 0.2) is 0 Å². The number of hydrogen-bond donors (Lipinski definition) is 0. The summed E-state index contributed by atoms with van der Waals surface area (Å²) in [4.78, 5) is 18.9. The molecule has 0 atom stereocenters. The van der Waals surface area contributed by atoms with E-state index >= 15 is 0 Å². The molecule has 2 aromatic carbocycles. The lowest BCUT2D eigenvalue weighted by Crippen LogP contribution is -2.16. The van der Waals surface area contributed by atoms with Crippen molar-refractivity contribution in [3.8, 4) is 57.0 Å². The molecule has 0 radical (unpaired) electrons. The SMILES string of the molecule is CCN(C)c1ccc(Oc2ncccc2-c2ccc(F)cc2OC)cn1.COc1cc(F)ccc1-c1cccnc1Oc1ccc(Cl)nc1. The Bertz CT molecular complexity index is 2000. The van der Waals surface area contributed by atoms with Crippen LogP contribution in [-0.2, 0) is 0 Å². The maximum absolute atomic E-state index is 13.5. The highest BCUT2D eigenvalue weighted by Crippen LogP contribution is 2.38. The van der Waals surface area contributed by atoms with Crippen LogP contribution in [0.5, 0.6) is 34.8 Å². The number of nitrogens with zero attached hydrogens (tertiary/aromatic N) is 5. The summed E-state index contributed by atoms with van der Waals surface area (Å²) in [5.74, 6) is 2.77. The summed E-state index contributed by atoms with van der Waals surface area (Å²) in [5, 5.41) is 0.374. The third-order valence-corrected chi connectivity index (χ3v) is 7.39. The minimum Gasteiger partial charge on any atom is -0.496 e. The van der Waals surface area contributed by atoms with Gasteiger partial charge in [0.1, 0.15) is 45.6 Å². The van der Waals surface area contributed by atoms with Gasteiger partial charge in [-0.15, -0.1) is 0 Å². The Balaban J connectivity index is 0.000000192. The molecule has 0 fully saturated rings. The summed E-state index contributed by atoms with van der Waals surface area (Å²) in [7, 11) is 4.96. The molecule has 250 valence electrons. The van der Waals surface area contributed by atoms with Gasteiger partial charge in [0.2, 0.25) is 11.8 Å². The summed E-state index contributed by atoms with van der Waals surface area (Å²) >= 11 is 5.76. The predicted octanol–water partition coefficient (Wildman–Crippen LogP) is 9.28. The van der Waals surface area contributed by atoms with Crippen molar-refractivity contribution in [3.05, 3.63) is 127 Å². The highest BCUT2D eigenvalue weighted by Gasteiger charge is 2.16. The van der Waals surface area contributed by atoms with Gasteiger partial charge in [0.25, 0.3) is 0 Å². The standard InChI is InChI=1S/C20H20FN3O2.C17H12ClFN2O2/c1-4-24(2)19-10-8-15(13-23-19)26-20-17(6-5-11-22-20)16-9-7-14(21)12-18(16)25-3;1-22-15-9-11(19)4-6-13(15)14-3-2-8-20-17(14)23-12-5-7-16(18)21-10-12/h5-13H,4H2,1-3H3;2-10H,1H3. The Hall–Kier alpha value is -5.81. The van der Waals surface area contributed by atoms with Crippen LogP contribution in [0.4, 0.5) is 14.6 Å². The fourth-order valence-electron chi connectivity index (χ4n) is 4.60. The molecule has 0 saturated heterocycles. The van der Waals surface area contributed by atoms with Crippen molar-refractivity contribution in [1.82, 2.24) is 19.9 Å². The minimum absolute atomic E-state index is 0.363. The normalized spacial score (nSPS) is 10.4. The summed E-state index contributed by atoms with van der Waals surface area (Å²) in [6.07, 6.45) is 6.41. The average molecular weight is 684 g/mol. The van der Waals surface area contributed by atoms with E-state index in [1.165, 1.54) is 44.7 Å². The van der Waals surface area contributed by atoms with Crippen LogP contribution in [0.25, 0.3) is 22.3 Å². The predicted molar refractivity (Wildman–Crippen MR) is 185 cm³/mol. The van der Waals surface area contributed by atoms with Gasteiger partial charge < -0.3 is 23.8 Å². The Morgan fingerprint density at radius 2 is 1.14 bits per heavy atom. The van der Waals surface area contributed by atoms with Crippen molar-refractivity contribution in [3.63, 3.8) is 0 Å². The number of pyridine rings is 4. The Kier molecular flexibility index (Phi) is 11.5. The number of methoxy groups -OCH3 is 2. The third kappa shape index (κ3) is 8.76. The second-order valence-corrected chi connectivity index (χ2v) is 10.7. The maximum atomic E-state index is 13.5. The molecule has 0 unspecified atom stereocenters. The van der Waals surface area contributed by atoms with Gasteiger partial charge in [0, 0.05) is 60.4 Å². The molecule has 12 heteroatoms. The van der Waals surface area contributed by atoms with Crippen LogP contribution in [0, 0.1) is 11.6 Å². The number of aromatic nitrogens is 4. The molecule has 9 nitrogen and oxygen atoms in total. The summed E-state index contributed by atoms with van der Waals surface area (Å²) < 4.78 is 49.1. The summed E-state index contributed by atoms with van der Waals surface area (Å²) in [5.41, 5.74) is 2.77. The quantitative estimate of drug-likeness (QED) is 0.131. The van der Waals surface area contributed by atoms with Gasteiger partial charge in [-0.1, -0.05) is 11.6 Å². The highest BCUT2D eigenvalue weighted by atomic mass is 35.5. The first-order valence-corrected chi connectivity index (χ1v) is 15.4. The lowest BCUT2D eigenvalue weighted by molar-refractivity contribution is 0.412. The van der Waals surface area contributed by atoms with Gasteiger partial charge in [-0.2, -0.15) is 0 Å². The molecule has 0 aliphatic heterocycles. The number of hydrogen-bond acceptors (Lipinski definition) is 9. The van der Waals surface area contributed by atoms with E-state index in [4.69, 9.17) is 30.5 Å². The number of anilines is 1. The molecule has 49 heavy (non-hydrogen) atoms.